The van der Waals surface area contributed by atoms with Gasteiger partial charge in [0.05, 0.1) is 11.2 Å². The van der Waals surface area contributed by atoms with Crippen molar-refractivity contribution < 1.29 is 8.78 Å². The molecule has 3 N–H and O–H groups in total. The fourth-order valence-corrected chi connectivity index (χ4v) is 1.91. The van der Waals surface area contributed by atoms with Gasteiger partial charge in [-0.3, -0.25) is 5.10 Å². The van der Waals surface area contributed by atoms with Crippen molar-refractivity contribution in [1.82, 2.24) is 10.2 Å². The summed E-state index contributed by atoms with van der Waals surface area (Å²) in [6.45, 7) is 0. The number of aromatic amines is 1. The molecular formula is C13H9F2N3. The Morgan fingerprint density at radius 2 is 1.94 bits per heavy atom. The number of nitrogens with zero attached hydrogens (tertiary/aromatic N) is 1. The van der Waals surface area contributed by atoms with Gasteiger partial charge >= 0.3 is 0 Å². The molecule has 0 aliphatic rings. The molecule has 18 heavy (non-hydrogen) atoms. The lowest BCUT2D eigenvalue weighted by Crippen LogP contribution is -1.89. The van der Waals surface area contributed by atoms with Crippen LogP contribution < -0.4 is 5.73 Å². The van der Waals surface area contributed by atoms with Crippen LogP contribution in [0.5, 0.6) is 0 Å². The summed E-state index contributed by atoms with van der Waals surface area (Å²) in [7, 11) is 0. The number of fused-ring (bicyclic) bond motifs is 1. The van der Waals surface area contributed by atoms with E-state index in [1.54, 1.807) is 12.1 Å². The van der Waals surface area contributed by atoms with Gasteiger partial charge < -0.3 is 5.73 Å². The van der Waals surface area contributed by atoms with Gasteiger partial charge in [-0.2, -0.15) is 5.10 Å². The standard InChI is InChI=1S/C13H9F2N3/c14-8-3-1-2-7(4-8)13-9-5-11(16)10(15)6-12(9)17-18-13/h1-6H,16H2,(H,17,18). The fourth-order valence-electron chi connectivity index (χ4n) is 1.91. The van der Waals surface area contributed by atoms with Crippen LogP contribution in [0.2, 0.25) is 0 Å². The number of H-pyrrole nitrogens is 1. The summed E-state index contributed by atoms with van der Waals surface area (Å²) in [5, 5.41) is 7.45. The van der Waals surface area contributed by atoms with E-state index < -0.39 is 5.82 Å². The van der Waals surface area contributed by atoms with Crippen molar-refractivity contribution in [2.24, 2.45) is 0 Å². The molecule has 1 aromatic heterocycles. The van der Waals surface area contributed by atoms with Gasteiger partial charge in [0.15, 0.2) is 0 Å². The van der Waals surface area contributed by atoms with Crippen LogP contribution >= 0.6 is 0 Å². The number of nitrogens with two attached hydrogens (primary N) is 1. The number of rotatable bonds is 1. The maximum Gasteiger partial charge on any atom is 0.148 e. The third-order valence-corrected chi connectivity index (χ3v) is 2.78. The predicted molar refractivity (Wildman–Crippen MR) is 65.9 cm³/mol. The van der Waals surface area contributed by atoms with Crippen LogP contribution in [0.25, 0.3) is 22.2 Å². The minimum Gasteiger partial charge on any atom is -0.396 e. The zero-order valence-electron chi connectivity index (χ0n) is 9.24. The molecule has 0 saturated heterocycles. The van der Waals surface area contributed by atoms with Gasteiger partial charge in [0.1, 0.15) is 17.3 Å². The number of anilines is 1. The smallest absolute Gasteiger partial charge is 0.148 e. The lowest BCUT2D eigenvalue weighted by atomic mass is 10.1. The Kier molecular flexibility index (Phi) is 2.26. The second-order valence-electron chi connectivity index (χ2n) is 4.00. The molecule has 0 saturated carbocycles. The Labute approximate surface area is 101 Å². The predicted octanol–water partition coefficient (Wildman–Crippen LogP) is 3.09. The van der Waals surface area contributed by atoms with E-state index in [0.29, 0.717) is 22.2 Å². The summed E-state index contributed by atoms with van der Waals surface area (Å²) >= 11 is 0. The van der Waals surface area contributed by atoms with E-state index in [2.05, 4.69) is 10.2 Å². The van der Waals surface area contributed by atoms with Crippen molar-refractivity contribution in [3.63, 3.8) is 0 Å². The number of nitrogens with one attached hydrogen (secondary N) is 1. The lowest BCUT2D eigenvalue weighted by Gasteiger charge is -2.00. The average Bonchev–Trinajstić information content (AvgIpc) is 2.73. The first-order valence-corrected chi connectivity index (χ1v) is 5.34. The molecule has 0 fully saturated rings. The normalized spacial score (nSPS) is 11.0. The molecule has 0 unspecified atom stereocenters. The van der Waals surface area contributed by atoms with Crippen LogP contribution in [0, 0.1) is 11.6 Å². The first-order chi connectivity index (χ1) is 8.65. The van der Waals surface area contributed by atoms with Gasteiger partial charge in [0, 0.05) is 17.0 Å². The van der Waals surface area contributed by atoms with Crippen LogP contribution in [-0.2, 0) is 0 Å². The first-order valence-electron chi connectivity index (χ1n) is 5.34. The zero-order valence-corrected chi connectivity index (χ0v) is 9.24. The molecule has 0 amide bonds. The van der Waals surface area contributed by atoms with Crippen LogP contribution in [0.1, 0.15) is 0 Å². The van der Waals surface area contributed by atoms with Crippen molar-refractivity contribution in [2.75, 3.05) is 5.73 Å². The van der Waals surface area contributed by atoms with Crippen LogP contribution in [0.15, 0.2) is 36.4 Å². The highest BCUT2D eigenvalue weighted by Gasteiger charge is 2.11. The Morgan fingerprint density at radius 1 is 1.11 bits per heavy atom. The highest BCUT2D eigenvalue weighted by Crippen LogP contribution is 2.29. The van der Waals surface area contributed by atoms with Crippen molar-refractivity contribution in [3.8, 4) is 11.3 Å². The van der Waals surface area contributed by atoms with Crippen molar-refractivity contribution in [2.45, 2.75) is 0 Å². The molecular weight excluding hydrogens is 236 g/mol. The van der Waals surface area contributed by atoms with E-state index in [0.717, 1.165) is 0 Å². The Balaban J connectivity index is 2.27. The molecule has 2 aromatic carbocycles. The van der Waals surface area contributed by atoms with Crippen LogP contribution in [0.3, 0.4) is 0 Å². The molecule has 90 valence electrons. The SMILES string of the molecule is Nc1cc2c(-c3cccc(F)c3)n[nH]c2cc1F. The number of aromatic nitrogens is 2. The second kappa shape index (κ2) is 3.80. The van der Waals surface area contributed by atoms with Crippen LogP contribution in [-0.4, -0.2) is 10.2 Å². The van der Waals surface area contributed by atoms with E-state index in [1.807, 2.05) is 0 Å². The Hall–Kier alpha value is -2.43. The molecule has 0 bridgehead atoms. The molecule has 0 aliphatic carbocycles. The van der Waals surface area contributed by atoms with Crippen molar-refractivity contribution >= 4 is 16.6 Å². The molecule has 5 heteroatoms. The number of hydrogen-bond acceptors (Lipinski definition) is 2. The van der Waals surface area contributed by atoms with Gasteiger partial charge in [-0.15, -0.1) is 0 Å². The highest BCUT2D eigenvalue weighted by molar-refractivity contribution is 5.94. The Bertz CT molecular complexity index is 734. The number of halogens is 2. The summed E-state index contributed by atoms with van der Waals surface area (Å²) < 4.78 is 26.5. The van der Waals surface area contributed by atoms with Crippen molar-refractivity contribution in [1.29, 1.82) is 0 Å². The van der Waals surface area contributed by atoms with E-state index in [1.165, 1.54) is 24.3 Å². The Morgan fingerprint density at radius 3 is 2.72 bits per heavy atom. The summed E-state index contributed by atoms with van der Waals surface area (Å²) in [5.74, 6) is -0.851. The average molecular weight is 245 g/mol. The number of nitrogen functional groups attached to an aromatic ring is 1. The summed E-state index contributed by atoms with van der Waals surface area (Å²) in [5.41, 5.74) is 7.27. The minimum absolute atomic E-state index is 0.0431. The van der Waals surface area contributed by atoms with Gasteiger partial charge in [-0.1, -0.05) is 12.1 Å². The highest BCUT2D eigenvalue weighted by atomic mass is 19.1. The van der Waals surface area contributed by atoms with Crippen molar-refractivity contribution in [3.05, 3.63) is 48.0 Å². The number of hydrogen-bond donors (Lipinski definition) is 2. The second-order valence-corrected chi connectivity index (χ2v) is 4.00. The van der Waals surface area contributed by atoms with E-state index >= 15 is 0 Å². The molecule has 0 radical (unpaired) electrons. The zero-order chi connectivity index (χ0) is 12.7. The topological polar surface area (TPSA) is 54.7 Å². The minimum atomic E-state index is -0.503. The van der Waals surface area contributed by atoms with E-state index in [-0.39, 0.29) is 11.5 Å². The van der Waals surface area contributed by atoms with Gasteiger partial charge in [-0.05, 0) is 18.2 Å². The molecule has 3 nitrogen and oxygen atoms in total. The van der Waals surface area contributed by atoms with E-state index in [9.17, 15) is 8.78 Å². The maximum absolute atomic E-state index is 13.3. The quantitative estimate of drug-likeness (QED) is 0.647. The number of benzene rings is 2. The van der Waals surface area contributed by atoms with Gasteiger partial charge in [0.2, 0.25) is 0 Å². The molecule has 0 spiro atoms. The summed E-state index contributed by atoms with van der Waals surface area (Å²) in [6, 6.07) is 8.83. The third-order valence-electron chi connectivity index (χ3n) is 2.78. The third kappa shape index (κ3) is 1.60. The molecule has 3 rings (SSSR count). The van der Waals surface area contributed by atoms with Crippen LogP contribution in [0.4, 0.5) is 14.5 Å². The molecule has 0 atom stereocenters. The summed E-state index contributed by atoms with van der Waals surface area (Å²) in [6.07, 6.45) is 0. The van der Waals surface area contributed by atoms with Gasteiger partial charge in [0.25, 0.3) is 0 Å². The summed E-state index contributed by atoms with van der Waals surface area (Å²) in [4.78, 5) is 0. The largest absolute Gasteiger partial charge is 0.396 e. The molecule has 0 aliphatic heterocycles. The lowest BCUT2D eigenvalue weighted by molar-refractivity contribution is 0.628. The fraction of sp³-hybridized carbons (Fsp3) is 0. The first kappa shape index (κ1) is 10.7. The monoisotopic (exact) mass is 245 g/mol. The van der Waals surface area contributed by atoms with Gasteiger partial charge in [-0.25, -0.2) is 8.78 Å². The maximum atomic E-state index is 13.3. The molecule has 1 heterocycles. The molecule has 3 aromatic rings. The van der Waals surface area contributed by atoms with E-state index in [4.69, 9.17) is 5.73 Å².